The molecule has 94 valence electrons. The first-order valence-electron chi connectivity index (χ1n) is 6.52. The van der Waals surface area contributed by atoms with E-state index in [1.807, 2.05) is 13.1 Å². The highest BCUT2D eigenvalue weighted by molar-refractivity contribution is 5.65. The van der Waals surface area contributed by atoms with E-state index in [-0.39, 0.29) is 0 Å². The second kappa shape index (κ2) is 5.67. The lowest BCUT2D eigenvalue weighted by atomic mass is 10.0. The zero-order valence-corrected chi connectivity index (χ0v) is 11.1. The summed E-state index contributed by atoms with van der Waals surface area (Å²) in [5.74, 6) is 0.610. The van der Waals surface area contributed by atoms with E-state index in [2.05, 4.69) is 42.2 Å². The summed E-state index contributed by atoms with van der Waals surface area (Å²) in [5.41, 5.74) is 10.5. The quantitative estimate of drug-likeness (QED) is 0.877. The van der Waals surface area contributed by atoms with Crippen molar-refractivity contribution >= 4 is 5.82 Å². The number of nitrogens with two attached hydrogens (primary N) is 1. The molecule has 0 aliphatic carbocycles. The molecule has 0 amide bonds. The number of hydrogen-bond donors (Lipinski definition) is 1. The average molecular weight is 240 g/mol. The number of aryl methyl sites for hydroxylation is 2. The predicted octanol–water partition coefficient (Wildman–Crippen LogP) is 3.98. The van der Waals surface area contributed by atoms with Crippen molar-refractivity contribution in [3.8, 4) is 11.1 Å². The minimum absolute atomic E-state index is 0.610. The van der Waals surface area contributed by atoms with Gasteiger partial charge in [-0.05, 0) is 42.5 Å². The highest BCUT2D eigenvalue weighted by Gasteiger charge is 2.01. The Morgan fingerprint density at radius 3 is 2.44 bits per heavy atom. The third kappa shape index (κ3) is 2.89. The lowest BCUT2D eigenvalue weighted by Gasteiger charge is -2.06. The van der Waals surface area contributed by atoms with E-state index in [4.69, 9.17) is 5.73 Å². The van der Waals surface area contributed by atoms with Gasteiger partial charge in [-0.2, -0.15) is 0 Å². The van der Waals surface area contributed by atoms with E-state index < -0.39 is 0 Å². The van der Waals surface area contributed by atoms with Crippen molar-refractivity contribution in [2.24, 2.45) is 0 Å². The van der Waals surface area contributed by atoms with Crippen LogP contribution in [0.5, 0.6) is 0 Å². The molecular weight excluding hydrogens is 220 g/mol. The van der Waals surface area contributed by atoms with Gasteiger partial charge in [0.05, 0.1) is 0 Å². The topological polar surface area (TPSA) is 38.9 Å². The first kappa shape index (κ1) is 12.6. The highest BCUT2D eigenvalue weighted by Crippen LogP contribution is 2.22. The molecule has 0 fully saturated rings. The highest BCUT2D eigenvalue weighted by atomic mass is 14.8. The van der Waals surface area contributed by atoms with E-state index in [9.17, 15) is 0 Å². The molecule has 0 unspecified atom stereocenters. The summed E-state index contributed by atoms with van der Waals surface area (Å²) in [6.45, 7) is 4.21. The van der Waals surface area contributed by atoms with Gasteiger partial charge in [-0.25, -0.2) is 4.98 Å². The Morgan fingerprint density at radius 2 is 1.83 bits per heavy atom. The second-order valence-corrected chi connectivity index (χ2v) is 4.73. The molecule has 18 heavy (non-hydrogen) atoms. The second-order valence-electron chi connectivity index (χ2n) is 4.73. The normalized spacial score (nSPS) is 10.6. The van der Waals surface area contributed by atoms with Gasteiger partial charge < -0.3 is 5.73 Å². The largest absolute Gasteiger partial charge is 0.383 e. The van der Waals surface area contributed by atoms with Crippen LogP contribution in [0.4, 0.5) is 5.82 Å². The summed E-state index contributed by atoms with van der Waals surface area (Å²) in [6.07, 6.45) is 5.49. The Bertz CT molecular complexity index is 515. The van der Waals surface area contributed by atoms with Crippen LogP contribution >= 0.6 is 0 Å². The smallest absolute Gasteiger partial charge is 0.126 e. The number of nitrogen functional groups attached to an aromatic ring is 1. The zero-order valence-electron chi connectivity index (χ0n) is 11.1. The molecule has 0 atom stereocenters. The monoisotopic (exact) mass is 240 g/mol. The lowest BCUT2D eigenvalue weighted by Crippen LogP contribution is -1.94. The van der Waals surface area contributed by atoms with Gasteiger partial charge in [-0.3, -0.25) is 0 Å². The number of rotatable bonds is 4. The fraction of sp³-hybridized carbons (Fsp3) is 0.312. The van der Waals surface area contributed by atoms with E-state index in [1.165, 1.54) is 24.0 Å². The van der Waals surface area contributed by atoms with Gasteiger partial charge in [0.1, 0.15) is 5.82 Å². The first-order chi connectivity index (χ1) is 8.70. The van der Waals surface area contributed by atoms with Crippen LogP contribution in [0.3, 0.4) is 0 Å². The number of pyridine rings is 1. The molecule has 2 N–H and O–H groups in total. The van der Waals surface area contributed by atoms with E-state index in [0.717, 1.165) is 17.5 Å². The number of aromatic nitrogens is 1. The van der Waals surface area contributed by atoms with Crippen molar-refractivity contribution in [2.45, 2.75) is 33.1 Å². The number of benzene rings is 1. The number of hydrogen-bond acceptors (Lipinski definition) is 2. The van der Waals surface area contributed by atoms with Crippen LogP contribution < -0.4 is 5.73 Å². The first-order valence-corrected chi connectivity index (χ1v) is 6.52. The fourth-order valence-electron chi connectivity index (χ4n) is 1.99. The summed E-state index contributed by atoms with van der Waals surface area (Å²) < 4.78 is 0. The average Bonchev–Trinajstić information content (AvgIpc) is 2.40. The van der Waals surface area contributed by atoms with Gasteiger partial charge >= 0.3 is 0 Å². The van der Waals surface area contributed by atoms with Crippen LogP contribution in [-0.2, 0) is 6.42 Å². The Balaban J connectivity index is 2.20. The van der Waals surface area contributed by atoms with Crippen LogP contribution in [-0.4, -0.2) is 4.98 Å². The molecule has 1 heterocycles. The SMILES string of the molecule is CCCCc1ccc(-c2cnc(N)c(C)c2)cc1. The van der Waals surface area contributed by atoms with Crippen LogP contribution in [0.15, 0.2) is 36.5 Å². The van der Waals surface area contributed by atoms with Crippen molar-refractivity contribution < 1.29 is 0 Å². The molecule has 2 nitrogen and oxygen atoms in total. The van der Waals surface area contributed by atoms with Crippen molar-refractivity contribution in [3.63, 3.8) is 0 Å². The van der Waals surface area contributed by atoms with Gasteiger partial charge in [0.15, 0.2) is 0 Å². The van der Waals surface area contributed by atoms with Gasteiger partial charge in [0.25, 0.3) is 0 Å². The molecule has 0 bridgehead atoms. The molecule has 2 rings (SSSR count). The van der Waals surface area contributed by atoms with Crippen molar-refractivity contribution in [3.05, 3.63) is 47.7 Å². The standard InChI is InChI=1S/C16H20N2/c1-3-4-5-13-6-8-14(9-7-13)15-10-12(2)16(17)18-11-15/h6-11H,3-5H2,1-2H3,(H2,17,18). The molecule has 0 spiro atoms. The maximum absolute atomic E-state index is 5.73. The fourth-order valence-corrected chi connectivity index (χ4v) is 1.99. The Labute approximate surface area is 109 Å². The van der Waals surface area contributed by atoms with E-state index >= 15 is 0 Å². The maximum atomic E-state index is 5.73. The van der Waals surface area contributed by atoms with Crippen molar-refractivity contribution in [1.82, 2.24) is 4.98 Å². The molecule has 0 radical (unpaired) electrons. The summed E-state index contributed by atoms with van der Waals surface area (Å²) in [5, 5.41) is 0. The van der Waals surface area contributed by atoms with Crippen LogP contribution in [0, 0.1) is 6.92 Å². The van der Waals surface area contributed by atoms with E-state index in [1.54, 1.807) is 0 Å². The third-order valence-corrected chi connectivity index (χ3v) is 3.23. The third-order valence-electron chi connectivity index (χ3n) is 3.23. The number of anilines is 1. The summed E-state index contributed by atoms with van der Waals surface area (Å²) >= 11 is 0. The molecule has 0 aliphatic heterocycles. The van der Waals surface area contributed by atoms with Crippen LogP contribution in [0.25, 0.3) is 11.1 Å². The molecular formula is C16H20N2. The molecule has 0 saturated heterocycles. The van der Waals surface area contributed by atoms with Crippen molar-refractivity contribution in [2.75, 3.05) is 5.73 Å². The molecule has 2 aromatic rings. The number of nitrogens with zero attached hydrogens (tertiary/aromatic N) is 1. The molecule has 1 aromatic heterocycles. The Hall–Kier alpha value is -1.83. The van der Waals surface area contributed by atoms with Crippen LogP contribution in [0.2, 0.25) is 0 Å². The minimum Gasteiger partial charge on any atom is -0.383 e. The Kier molecular flexibility index (Phi) is 3.98. The van der Waals surface area contributed by atoms with Gasteiger partial charge in [-0.1, -0.05) is 37.6 Å². The summed E-state index contributed by atoms with van der Waals surface area (Å²) in [7, 11) is 0. The van der Waals surface area contributed by atoms with Gasteiger partial charge in [0, 0.05) is 11.8 Å². The van der Waals surface area contributed by atoms with Gasteiger partial charge in [-0.15, -0.1) is 0 Å². The number of unbranched alkanes of at least 4 members (excludes halogenated alkanes) is 1. The minimum atomic E-state index is 0.610. The van der Waals surface area contributed by atoms with Crippen molar-refractivity contribution in [1.29, 1.82) is 0 Å². The predicted molar refractivity (Wildman–Crippen MR) is 77.4 cm³/mol. The van der Waals surface area contributed by atoms with Crippen LogP contribution in [0.1, 0.15) is 30.9 Å². The molecule has 2 heteroatoms. The molecule has 0 aliphatic rings. The zero-order chi connectivity index (χ0) is 13.0. The molecule has 1 aromatic carbocycles. The maximum Gasteiger partial charge on any atom is 0.126 e. The van der Waals surface area contributed by atoms with E-state index in [0.29, 0.717) is 5.82 Å². The summed E-state index contributed by atoms with van der Waals surface area (Å²) in [4.78, 5) is 4.20. The Morgan fingerprint density at radius 1 is 1.11 bits per heavy atom. The van der Waals surface area contributed by atoms with Gasteiger partial charge in [0.2, 0.25) is 0 Å². The lowest BCUT2D eigenvalue weighted by molar-refractivity contribution is 0.795. The summed E-state index contributed by atoms with van der Waals surface area (Å²) in [6, 6.07) is 10.8. The molecule has 0 saturated carbocycles.